The third-order valence-corrected chi connectivity index (χ3v) is 3.94. The highest BCUT2D eigenvalue weighted by Crippen LogP contribution is 2.46. The summed E-state index contributed by atoms with van der Waals surface area (Å²) >= 11 is 1.42. The van der Waals surface area contributed by atoms with Crippen molar-refractivity contribution in [1.29, 1.82) is 5.26 Å². The Bertz CT molecular complexity index is 575. The second kappa shape index (κ2) is 5.81. The van der Waals surface area contributed by atoms with Crippen LogP contribution in [-0.2, 0) is 9.53 Å². The molecule has 0 amide bonds. The van der Waals surface area contributed by atoms with Gasteiger partial charge >= 0.3 is 5.97 Å². The van der Waals surface area contributed by atoms with Crippen LogP contribution in [0.15, 0.2) is 39.8 Å². The van der Waals surface area contributed by atoms with E-state index in [0.717, 1.165) is 17.0 Å². The van der Waals surface area contributed by atoms with Crippen LogP contribution in [0.2, 0.25) is 0 Å². The Morgan fingerprint density at radius 3 is 2.84 bits per heavy atom. The van der Waals surface area contributed by atoms with E-state index in [0.29, 0.717) is 11.6 Å². The number of ether oxygens (including phenoxy) is 1. The Morgan fingerprint density at radius 1 is 1.47 bits per heavy atom. The summed E-state index contributed by atoms with van der Waals surface area (Å²) in [6.07, 6.45) is 0.739. The molecule has 0 aromatic heterocycles. The van der Waals surface area contributed by atoms with Crippen molar-refractivity contribution in [1.82, 2.24) is 0 Å². The molecule has 1 aromatic rings. The Morgan fingerprint density at radius 2 is 2.21 bits per heavy atom. The van der Waals surface area contributed by atoms with Gasteiger partial charge in [0, 0.05) is 11.9 Å². The first kappa shape index (κ1) is 13.5. The lowest BCUT2D eigenvalue weighted by atomic mass is 10.2. The van der Waals surface area contributed by atoms with E-state index in [1.54, 1.807) is 0 Å². The van der Waals surface area contributed by atoms with Gasteiger partial charge in [-0.05, 0) is 18.6 Å². The maximum atomic E-state index is 11.9. The number of anilines is 1. The number of para-hydroxylation sites is 1. The van der Waals surface area contributed by atoms with Crippen LogP contribution in [0.25, 0.3) is 0 Å². The maximum absolute atomic E-state index is 11.9. The minimum Gasteiger partial charge on any atom is -0.462 e. The topological polar surface area (TPSA) is 53.3 Å². The predicted octanol–water partition coefficient (Wildman–Crippen LogP) is 2.92. The monoisotopic (exact) mass is 274 g/mol. The van der Waals surface area contributed by atoms with E-state index in [9.17, 15) is 10.1 Å². The molecule has 0 unspecified atom stereocenters. The first-order valence-corrected chi connectivity index (χ1v) is 6.82. The molecule has 0 aliphatic carbocycles. The molecule has 5 heteroatoms. The molecule has 1 heterocycles. The molecule has 1 aliphatic heterocycles. The largest absolute Gasteiger partial charge is 0.462 e. The molecule has 2 rings (SSSR count). The zero-order chi connectivity index (χ0) is 13.8. The smallest absolute Gasteiger partial charge is 0.351 e. The lowest BCUT2D eigenvalue weighted by Gasteiger charge is -2.14. The molecule has 1 aromatic carbocycles. The molecule has 0 saturated heterocycles. The van der Waals surface area contributed by atoms with Crippen LogP contribution in [-0.4, -0.2) is 19.6 Å². The number of carbonyl (C=O) groups excluding carboxylic acids is 1. The number of thioether (sulfide) groups is 1. The van der Waals surface area contributed by atoms with Gasteiger partial charge in [0.1, 0.15) is 11.1 Å². The van der Waals surface area contributed by atoms with E-state index in [1.165, 1.54) is 11.8 Å². The van der Waals surface area contributed by atoms with Gasteiger partial charge in [-0.15, -0.1) is 0 Å². The lowest BCUT2D eigenvalue weighted by molar-refractivity contribution is -0.138. The van der Waals surface area contributed by atoms with Gasteiger partial charge in [-0.1, -0.05) is 30.8 Å². The molecule has 0 atom stereocenters. The zero-order valence-corrected chi connectivity index (χ0v) is 11.7. The van der Waals surface area contributed by atoms with Crippen LogP contribution < -0.4 is 4.90 Å². The molecule has 0 radical (unpaired) electrons. The predicted molar refractivity (Wildman–Crippen MR) is 74.6 cm³/mol. The standard InChI is InChI=1S/C14H14N2O2S/c1-3-8-18-14(17)10(9-15)13-16(2)11-6-4-5-7-12(11)19-13/h4-7H,3,8H2,1-2H3. The zero-order valence-electron chi connectivity index (χ0n) is 10.8. The molecule has 0 bridgehead atoms. The summed E-state index contributed by atoms with van der Waals surface area (Å²) < 4.78 is 5.04. The van der Waals surface area contributed by atoms with E-state index in [4.69, 9.17) is 4.74 Å². The summed E-state index contributed by atoms with van der Waals surface area (Å²) in [5.74, 6) is -0.550. The van der Waals surface area contributed by atoms with Crippen molar-refractivity contribution in [3.8, 4) is 6.07 Å². The van der Waals surface area contributed by atoms with Gasteiger partial charge in [0.2, 0.25) is 0 Å². The quantitative estimate of drug-likeness (QED) is 0.482. The number of benzene rings is 1. The summed E-state index contributed by atoms with van der Waals surface area (Å²) in [6.45, 7) is 2.25. The van der Waals surface area contributed by atoms with Crippen LogP contribution in [0.1, 0.15) is 13.3 Å². The van der Waals surface area contributed by atoms with Crippen molar-refractivity contribution in [3.05, 3.63) is 34.9 Å². The van der Waals surface area contributed by atoms with E-state index in [1.807, 2.05) is 49.2 Å². The number of fused-ring (bicyclic) bond motifs is 1. The SMILES string of the molecule is CCCOC(=O)C(C#N)=C1Sc2ccccc2N1C. The Labute approximate surface area is 116 Å². The van der Waals surface area contributed by atoms with Crippen LogP contribution in [0, 0.1) is 11.3 Å². The fourth-order valence-electron chi connectivity index (χ4n) is 1.77. The van der Waals surface area contributed by atoms with Gasteiger partial charge in [-0.3, -0.25) is 0 Å². The van der Waals surface area contributed by atoms with Crippen LogP contribution in [0.3, 0.4) is 0 Å². The van der Waals surface area contributed by atoms with Gasteiger partial charge in [-0.25, -0.2) is 4.79 Å². The normalized spacial score (nSPS) is 15.7. The van der Waals surface area contributed by atoms with Gasteiger partial charge in [0.15, 0.2) is 5.57 Å². The van der Waals surface area contributed by atoms with E-state index in [2.05, 4.69) is 0 Å². The second-order valence-corrected chi connectivity index (χ2v) is 5.09. The summed E-state index contributed by atoms with van der Waals surface area (Å²) in [6, 6.07) is 9.75. The molecule has 0 N–H and O–H groups in total. The average molecular weight is 274 g/mol. The molecule has 0 fully saturated rings. The first-order valence-electron chi connectivity index (χ1n) is 6.01. The van der Waals surface area contributed by atoms with Crippen molar-refractivity contribution in [2.24, 2.45) is 0 Å². The second-order valence-electron chi connectivity index (χ2n) is 4.06. The molecule has 0 saturated carbocycles. The molecule has 19 heavy (non-hydrogen) atoms. The number of hydrogen-bond acceptors (Lipinski definition) is 5. The van der Waals surface area contributed by atoms with Crippen molar-refractivity contribution in [2.45, 2.75) is 18.2 Å². The number of rotatable bonds is 3. The van der Waals surface area contributed by atoms with Crippen molar-refractivity contribution in [3.63, 3.8) is 0 Å². The Balaban J connectivity index is 2.33. The summed E-state index contributed by atoms with van der Waals surface area (Å²) in [7, 11) is 1.85. The molecule has 1 aliphatic rings. The summed E-state index contributed by atoms with van der Waals surface area (Å²) in [5.41, 5.74) is 1.07. The Hall–Kier alpha value is -1.93. The van der Waals surface area contributed by atoms with Gasteiger partial charge in [0.05, 0.1) is 12.3 Å². The van der Waals surface area contributed by atoms with Crippen molar-refractivity contribution < 1.29 is 9.53 Å². The third kappa shape index (κ3) is 2.59. The highest BCUT2D eigenvalue weighted by molar-refractivity contribution is 8.03. The minimum absolute atomic E-state index is 0.0668. The molecule has 98 valence electrons. The number of hydrogen-bond donors (Lipinski definition) is 0. The summed E-state index contributed by atoms with van der Waals surface area (Å²) in [4.78, 5) is 14.8. The van der Waals surface area contributed by atoms with Crippen molar-refractivity contribution >= 4 is 23.4 Å². The van der Waals surface area contributed by atoms with Crippen molar-refractivity contribution in [2.75, 3.05) is 18.6 Å². The van der Waals surface area contributed by atoms with Gasteiger partial charge < -0.3 is 9.64 Å². The third-order valence-electron chi connectivity index (χ3n) is 2.70. The molecule has 4 nitrogen and oxygen atoms in total. The molecular formula is C14H14N2O2S. The first-order chi connectivity index (χ1) is 9.19. The Kier molecular flexibility index (Phi) is 4.13. The van der Waals surface area contributed by atoms with Crippen LogP contribution in [0.5, 0.6) is 0 Å². The van der Waals surface area contributed by atoms with Gasteiger partial charge in [0.25, 0.3) is 0 Å². The van der Waals surface area contributed by atoms with E-state index < -0.39 is 5.97 Å². The number of esters is 1. The lowest BCUT2D eigenvalue weighted by Crippen LogP contribution is -2.17. The fourth-order valence-corrected chi connectivity index (χ4v) is 2.90. The molecule has 0 spiro atoms. The highest BCUT2D eigenvalue weighted by atomic mass is 32.2. The average Bonchev–Trinajstić information content (AvgIpc) is 2.75. The fraction of sp³-hybridized carbons (Fsp3) is 0.286. The van der Waals surface area contributed by atoms with E-state index in [-0.39, 0.29) is 5.57 Å². The minimum atomic E-state index is -0.550. The number of nitrogens with zero attached hydrogens (tertiary/aromatic N) is 2. The summed E-state index contributed by atoms with van der Waals surface area (Å²) in [5, 5.41) is 9.83. The van der Waals surface area contributed by atoms with Crippen LogP contribution >= 0.6 is 11.8 Å². The number of nitriles is 1. The maximum Gasteiger partial charge on any atom is 0.351 e. The van der Waals surface area contributed by atoms with Crippen LogP contribution in [0.4, 0.5) is 5.69 Å². The highest BCUT2D eigenvalue weighted by Gasteiger charge is 2.28. The molecular weight excluding hydrogens is 260 g/mol. The van der Waals surface area contributed by atoms with Gasteiger partial charge in [-0.2, -0.15) is 5.26 Å². The van der Waals surface area contributed by atoms with E-state index >= 15 is 0 Å². The number of carbonyl (C=O) groups is 1.